The lowest BCUT2D eigenvalue weighted by Gasteiger charge is -2.38. The van der Waals surface area contributed by atoms with Gasteiger partial charge in [-0.3, -0.25) is 4.79 Å². The monoisotopic (exact) mass is 338 g/mol. The van der Waals surface area contributed by atoms with Crippen molar-refractivity contribution in [2.24, 2.45) is 5.92 Å². The second-order valence-electron chi connectivity index (χ2n) is 6.60. The molecule has 6 heteroatoms. The third kappa shape index (κ3) is 4.70. The standard InChI is InChI=1S/C17H26N2O3S/c1-13-5-6-14(2)16(11-13)18-7-9-19(10-8-18)17(20)15(3)12-23(4,21)22/h5-6,11,15H,7-10,12H2,1-4H3/t15-/m1/s1. The van der Waals surface area contributed by atoms with E-state index in [1.807, 2.05) is 0 Å². The summed E-state index contributed by atoms with van der Waals surface area (Å²) in [7, 11) is -3.13. The van der Waals surface area contributed by atoms with E-state index in [4.69, 9.17) is 0 Å². The zero-order chi connectivity index (χ0) is 17.2. The van der Waals surface area contributed by atoms with E-state index in [0.717, 1.165) is 13.1 Å². The lowest BCUT2D eigenvalue weighted by molar-refractivity contribution is -0.134. The van der Waals surface area contributed by atoms with E-state index in [1.54, 1.807) is 11.8 Å². The highest BCUT2D eigenvalue weighted by atomic mass is 32.2. The van der Waals surface area contributed by atoms with Crippen LogP contribution in [-0.2, 0) is 14.6 Å². The summed E-state index contributed by atoms with van der Waals surface area (Å²) in [5.41, 5.74) is 3.69. The normalized spacial score (nSPS) is 17.2. The summed E-state index contributed by atoms with van der Waals surface area (Å²) in [6.45, 7) is 8.71. The SMILES string of the molecule is Cc1ccc(C)c(N2CCN(C(=O)[C@H](C)CS(C)(=O)=O)CC2)c1. The molecule has 1 aromatic carbocycles. The van der Waals surface area contributed by atoms with Gasteiger partial charge in [0.05, 0.1) is 5.75 Å². The minimum absolute atomic E-state index is 0.0592. The highest BCUT2D eigenvalue weighted by Gasteiger charge is 2.27. The van der Waals surface area contributed by atoms with E-state index in [2.05, 4.69) is 36.9 Å². The number of anilines is 1. The molecule has 0 aliphatic carbocycles. The predicted molar refractivity (Wildman–Crippen MR) is 93.6 cm³/mol. The molecule has 1 atom stereocenters. The van der Waals surface area contributed by atoms with Crippen molar-refractivity contribution in [1.29, 1.82) is 0 Å². The Kier molecular flexibility index (Phi) is 5.34. The van der Waals surface area contributed by atoms with Crippen molar-refractivity contribution in [3.63, 3.8) is 0 Å². The Labute approximate surface area is 139 Å². The largest absolute Gasteiger partial charge is 0.368 e. The first kappa shape index (κ1) is 17.8. The van der Waals surface area contributed by atoms with Crippen LogP contribution in [0.5, 0.6) is 0 Å². The molecule has 1 fully saturated rings. The molecule has 0 N–H and O–H groups in total. The molecular weight excluding hydrogens is 312 g/mol. The number of piperazine rings is 1. The van der Waals surface area contributed by atoms with Crippen molar-refractivity contribution in [2.45, 2.75) is 20.8 Å². The zero-order valence-electron chi connectivity index (χ0n) is 14.4. The van der Waals surface area contributed by atoms with Crippen molar-refractivity contribution in [3.8, 4) is 0 Å². The van der Waals surface area contributed by atoms with E-state index < -0.39 is 15.8 Å². The topological polar surface area (TPSA) is 57.7 Å². The van der Waals surface area contributed by atoms with Crippen LogP contribution in [-0.4, -0.2) is 57.4 Å². The van der Waals surface area contributed by atoms with Gasteiger partial charge in [0.1, 0.15) is 9.84 Å². The van der Waals surface area contributed by atoms with Gasteiger partial charge in [-0.05, 0) is 31.0 Å². The van der Waals surface area contributed by atoms with Crippen LogP contribution < -0.4 is 4.90 Å². The van der Waals surface area contributed by atoms with Crippen LogP contribution in [0.2, 0.25) is 0 Å². The fourth-order valence-electron chi connectivity index (χ4n) is 3.06. The average molecular weight is 338 g/mol. The lowest BCUT2D eigenvalue weighted by atomic mass is 10.1. The summed E-state index contributed by atoms with van der Waals surface area (Å²) < 4.78 is 22.7. The fraction of sp³-hybridized carbons (Fsp3) is 0.588. The lowest BCUT2D eigenvalue weighted by Crippen LogP contribution is -2.51. The molecule has 0 aromatic heterocycles. The Bertz CT molecular complexity index is 677. The summed E-state index contributed by atoms with van der Waals surface area (Å²) in [5, 5.41) is 0. The number of nitrogens with zero attached hydrogens (tertiary/aromatic N) is 2. The molecule has 1 heterocycles. The summed E-state index contributed by atoms with van der Waals surface area (Å²) in [6, 6.07) is 6.40. The van der Waals surface area contributed by atoms with Crippen LogP contribution in [0.3, 0.4) is 0 Å². The molecular formula is C17H26N2O3S. The van der Waals surface area contributed by atoms with Gasteiger partial charge in [-0.15, -0.1) is 0 Å². The predicted octanol–water partition coefficient (Wildman–Crippen LogP) is 1.63. The van der Waals surface area contributed by atoms with Crippen molar-refractivity contribution in [1.82, 2.24) is 4.90 Å². The molecule has 23 heavy (non-hydrogen) atoms. The van der Waals surface area contributed by atoms with Gasteiger partial charge >= 0.3 is 0 Å². The van der Waals surface area contributed by atoms with Crippen molar-refractivity contribution >= 4 is 21.4 Å². The van der Waals surface area contributed by atoms with Gasteiger partial charge in [0, 0.05) is 44.0 Å². The highest BCUT2D eigenvalue weighted by molar-refractivity contribution is 7.90. The van der Waals surface area contributed by atoms with Crippen LogP contribution in [0.4, 0.5) is 5.69 Å². The highest BCUT2D eigenvalue weighted by Crippen LogP contribution is 2.23. The van der Waals surface area contributed by atoms with Gasteiger partial charge in [0.25, 0.3) is 0 Å². The van der Waals surface area contributed by atoms with Gasteiger partial charge in [-0.2, -0.15) is 0 Å². The number of carbonyl (C=O) groups excluding carboxylic acids is 1. The number of hydrogen-bond donors (Lipinski definition) is 0. The number of carbonyl (C=O) groups is 1. The summed E-state index contributed by atoms with van der Waals surface area (Å²) in [4.78, 5) is 16.5. The van der Waals surface area contributed by atoms with Gasteiger partial charge in [-0.25, -0.2) is 8.42 Å². The van der Waals surface area contributed by atoms with E-state index >= 15 is 0 Å². The quantitative estimate of drug-likeness (QED) is 0.837. The smallest absolute Gasteiger partial charge is 0.226 e. The van der Waals surface area contributed by atoms with Gasteiger partial charge in [0.15, 0.2) is 0 Å². The number of aryl methyl sites for hydroxylation is 2. The average Bonchev–Trinajstić information content (AvgIpc) is 2.47. The van der Waals surface area contributed by atoms with Gasteiger partial charge in [0.2, 0.25) is 5.91 Å². The maximum Gasteiger partial charge on any atom is 0.226 e. The Morgan fingerprint density at radius 3 is 2.35 bits per heavy atom. The van der Waals surface area contributed by atoms with Crippen LogP contribution >= 0.6 is 0 Å². The molecule has 0 unspecified atom stereocenters. The first-order valence-corrected chi connectivity index (χ1v) is 10.0. The molecule has 0 radical (unpaired) electrons. The molecule has 1 amide bonds. The fourth-order valence-corrected chi connectivity index (χ4v) is 4.12. The molecule has 0 spiro atoms. The molecule has 5 nitrogen and oxygen atoms in total. The van der Waals surface area contributed by atoms with Crippen molar-refractivity contribution < 1.29 is 13.2 Å². The molecule has 1 aliphatic rings. The molecule has 128 valence electrons. The Hall–Kier alpha value is -1.56. The minimum Gasteiger partial charge on any atom is -0.368 e. The van der Waals surface area contributed by atoms with Gasteiger partial charge < -0.3 is 9.80 Å². The number of benzene rings is 1. The zero-order valence-corrected chi connectivity index (χ0v) is 15.2. The molecule has 1 aliphatic heterocycles. The minimum atomic E-state index is -3.13. The summed E-state index contributed by atoms with van der Waals surface area (Å²) in [6.07, 6.45) is 1.18. The Balaban J connectivity index is 1.98. The summed E-state index contributed by atoms with van der Waals surface area (Å²) in [5.74, 6) is -0.614. The van der Waals surface area contributed by atoms with Crippen LogP contribution in [0.1, 0.15) is 18.1 Å². The van der Waals surface area contributed by atoms with Crippen molar-refractivity contribution in [3.05, 3.63) is 29.3 Å². The third-order valence-corrected chi connectivity index (χ3v) is 5.38. The van der Waals surface area contributed by atoms with E-state index in [0.29, 0.717) is 13.1 Å². The van der Waals surface area contributed by atoms with Crippen LogP contribution in [0.15, 0.2) is 18.2 Å². The molecule has 0 bridgehead atoms. The van der Waals surface area contributed by atoms with Gasteiger partial charge in [-0.1, -0.05) is 19.1 Å². The molecule has 1 aromatic rings. The second kappa shape index (κ2) is 6.91. The number of sulfone groups is 1. The van der Waals surface area contributed by atoms with E-state index in [-0.39, 0.29) is 11.7 Å². The van der Waals surface area contributed by atoms with Crippen molar-refractivity contribution in [2.75, 3.05) is 43.1 Å². The first-order valence-electron chi connectivity index (χ1n) is 7.96. The van der Waals surface area contributed by atoms with E-state index in [9.17, 15) is 13.2 Å². The number of rotatable bonds is 4. The molecule has 0 saturated carbocycles. The Morgan fingerprint density at radius 1 is 1.17 bits per heavy atom. The van der Waals surface area contributed by atoms with Crippen LogP contribution in [0.25, 0.3) is 0 Å². The number of amides is 1. The maximum atomic E-state index is 12.4. The summed E-state index contributed by atoms with van der Waals surface area (Å²) >= 11 is 0. The Morgan fingerprint density at radius 2 is 1.78 bits per heavy atom. The molecule has 1 saturated heterocycles. The first-order chi connectivity index (χ1) is 10.7. The third-order valence-electron chi connectivity index (χ3n) is 4.27. The second-order valence-corrected chi connectivity index (χ2v) is 8.78. The van der Waals surface area contributed by atoms with E-state index in [1.165, 1.54) is 23.1 Å². The number of hydrogen-bond acceptors (Lipinski definition) is 4. The maximum absolute atomic E-state index is 12.4. The van der Waals surface area contributed by atoms with Crippen LogP contribution in [0, 0.1) is 19.8 Å². The molecule has 2 rings (SSSR count).